The molecule has 0 spiro atoms. The predicted octanol–water partition coefficient (Wildman–Crippen LogP) is 2.76. The van der Waals surface area contributed by atoms with E-state index in [-0.39, 0.29) is 6.54 Å². The number of hydrogen-bond acceptors (Lipinski definition) is 4. The van der Waals surface area contributed by atoms with E-state index in [1.807, 2.05) is 12.3 Å². The van der Waals surface area contributed by atoms with Crippen molar-refractivity contribution in [3.05, 3.63) is 15.8 Å². The minimum atomic E-state index is -3.41. The first-order chi connectivity index (χ1) is 9.54. The van der Waals surface area contributed by atoms with E-state index < -0.39 is 10.0 Å². The maximum absolute atomic E-state index is 12.3. The summed E-state index contributed by atoms with van der Waals surface area (Å²) in [6.07, 6.45) is 7.36. The summed E-state index contributed by atoms with van der Waals surface area (Å²) in [6.45, 7) is 2.62. The Morgan fingerprint density at radius 2 is 2.10 bits per heavy atom. The Kier molecular flexibility index (Phi) is 5.60. The van der Waals surface area contributed by atoms with Crippen molar-refractivity contribution in [1.82, 2.24) is 4.72 Å². The second-order valence-corrected chi connectivity index (χ2v) is 8.23. The SMILES string of the molecule is Cc1csc(CN)c1S(=O)(=O)NCCCC1CCCC1. The lowest BCUT2D eigenvalue weighted by Crippen LogP contribution is -2.26. The third kappa shape index (κ3) is 3.81. The van der Waals surface area contributed by atoms with Crippen LogP contribution in [0.15, 0.2) is 10.3 Å². The lowest BCUT2D eigenvalue weighted by Gasteiger charge is -2.11. The van der Waals surface area contributed by atoms with Gasteiger partial charge in [0.15, 0.2) is 0 Å². The molecule has 0 radical (unpaired) electrons. The number of nitrogens with two attached hydrogens (primary N) is 1. The summed E-state index contributed by atoms with van der Waals surface area (Å²) < 4.78 is 27.4. The molecule has 1 fully saturated rings. The summed E-state index contributed by atoms with van der Waals surface area (Å²) in [5.74, 6) is 0.807. The summed E-state index contributed by atoms with van der Waals surface area (Å²) in [5.41, 5.74) is 6.41. The largest absolute Gasteiger partial charge is 0.326 e. The molecule has 0 saturated heterocycles. The molecule has 0 aliphatic heterocycles. The summed E-state index contributed by atoms with van der Waals surface area (Å²) in [7, 11) is -3.41. The standard InChI is InChI=1S/C14H24N2O2S2/c1-11-10-19-13(9-15)14(11)20(17,18)16-8-4-7-12-5-2-3-6-12/h10,12,16H,2-9,15H2,1H3. The summed E-state index contributed by atoms with van der Waals surface area (Å²) >= 11 is 1.42. The van der Waals surface area contributed by atoms with Crippen LogP contribution in [-0.4, -0.2) is 15.0 Å². The van der Waals surface area contributed by atoms with Crippen molar-refractivity contribution < 1.29 is 8.42 Å². The Balaban J connectivity index is 1.88. The summed E-state index contributed by atoms with van der Waals surface area (Å²) in [6, 6.07) is 0. The Bertz CT molecular complexity index is 531. The molecule has 4 nitrogen and oxygen atoms in total. The van der Waals surface area contributed by atoms with Crippen molar-refractivity contribution in [1.29, 1.82) is 0 Å². The third-order valence-corrected chi connectivity index (χ3v) is 6.95. The number of thiophene rings is 1. The molecule has 0 aromatic carbocycles. The highest BCUT2D eigenvalue weighted by atomic mass is 32.2. The highest BCUT2D eigenvalue weighted by molar-refractivity contribution is 7.89. The van der Waals surface area contributed by atoms with E-state index in [4.69, 9.17) is 5.73 Å². The first kappa shape index (κ1) is 15.9. The summed E-state index contributed by atoms with van der Waals surface area (Å²) in [4.78, 5) is 1.14. The molecule has 0 bridgehead atoms. The van der Waals surface area contributed by atoms with Gasteiger partial charge in [-0.2, -0.15) is 0 Å². The maximum atomic E-state index is 12.3. The first-order valence-electron chi connectivity index (χ1n) is 7.31. The van der Waals surface area contributed by atoms with Gasteiger partial charge < -0.3 is 5.73 Å². The number of hydrogen-bond donors (Lipinski definition) is 2. The predicted molar refractivity (Wildman–Crippen MR) is 83.3 cm³/mol. The molecule has 0 amide bonds. The number of aryl methyl sites for hydroxylation is 1. The molecule has 0 unspecified atom stereocenters. The number of rotatable bonds is 7. The minimum absolute atomic E-state index is 0.275. The Morgan fingerprint density at radius 1 is 1.40 bits per heavy atom. The molecule has 6 heteroatoms. The normalized spacial score (nSPS) is 16.9. The number of sulfonamides is 1. The number of nitrogens with one attached hydrogen (secondary N) is 1. The quantitative estimate of drug-likeness (QED) is 0.760. The van der Waals surface area contributed by atoms with Crippen LogP contribution in [0.2, 0.25) is 0 Å². The smallest absolute Gasteiger partial charge is 0.241 e. The van der Waals surface area contributed by atoms with Crippen LogP contribution in [0.25, 0.3) is 0 Å². The average molecular weight is 316 g/mol. The fourth-order valence-corrected chi connectivity index (χ4v) is 5.73. The van der Waals surface area contributed by atoms with Gasteiger partial charge in [-0.05, 0) is 36.6 Å². The van der Waals surface area contributed by atoms with Crippen molar-refractivity contribution >= 4 is 21.4 Å². The maximum Gasteiger partial charge on any atom is 0.241 e. The molecule has 1 heterocycles. The van der Waals surface area contributed by atoms with Crippen LogP contribution in [0.1, 0.15) is 49.0 Å². The molecular formula is C14H24N2O2S2. The monoisotopic (exact) mass is 316 g/mol. The first-order valence-corrected chi connectivity index (χ1v) is 9.67. The Hall–Kier alpha value is -0.430. The molecule has 1 aromatic rings. The van der Waals surface area contributed by atoms with Gasteiger partial charge in [-0.25, -0.2) is 13.1 Å². The van der Waals surface area contributed by atoms with Gasteiger partial charge in [0.2, 0.25) is 10.0 Å². The van der Waals surface area contributed by atoms with Crippen molar-refractivity contribution in [2.75, 3.05) is 6.54 Å². The van der Waals surface area contributed by atoms with Crippen molar-refractivity contribution in [3.63, 3.8) is 0 Å². The van der Waals surface area contributed by atoms with Crippen LogP contribution in [0, 0.1) is 12.8 Å². The van der Waals surface area contributed by atoms with Gasteiger partial charge in [0.25, 0.3) is 0 Å². The molecule has 3 N–H and O–H groups in total. The van der Waals surface area contributed by atoms with Crippen LogP contribution in [0.3, 0.4) is 0 Å². The summed E-state index contributed by atoms with van der Waals surface area (Å²) in [5, 5.41) is 1.86. The molecule has 0 atom stereocenters. The Morgan fingerprint density at radius 3 is 2.75 bits per heavy atom. The zero-order chi connectivity index (χ0) is 14.6. The van der Waals surface area contributed by atoms with Crippen molar-refractivity contribution in [2.24, 2.45) is 11.7 Å². The van der Waals surface area contributed by atoms with E-state index in [0.29, 0.717) is 11.4 Å². The highest BCUT2D eigenvalue weighted by Crippen LogP contribution is 2.29. The van der Waals surface area contributed by atoms with E-state index in [1.165, 1.54) is 37.0 Å². The molecule has 1 saturated carbocycles. The molecule has 1 aliphatic rings. The van der Waals surface area contributed by atoms with Gasteiger partial charge in [0, 0.05) is 18.0 Å². The fourth-order valence-electron chi connectivity index (χ4n) is 2.96. The van der Waals surface area contributed by atoms with E-state index in [2.05, 4.69) is 4.72 Å². The van der Waals surface area contributed by atoms with Gasteiger partial charge in [0.05, 0.1) is 0 Å². The van der Waals surface area contributed by atoms with Crippen molar-refractivity contribution in [3.8, 4) is 0 Å². The third-order valence-electron chi connectivity index (χ3n) is 4.00. The van der Waals surface area contributed by atoms with Crippen molar-refractivity contribution in [2.45, 2.75) is 56.9 Å². The average Bonchev–Trinajstić information content (AvgIpc) is 3.03. The van der Waals surface area contributed by atoms with E-state index in [1.54, 1.807) is 0 Å². The van der Waals surface area contributed by atoms with E-state index in [9.17, 15) is 8.42 Å². The minimum Gasteiger partial charge on any atom is -0.326 e. The lowest BCUT2D eigenvalue weighted by atomic mass is 10.0. The van der Waals surface area contributed by atoms with Gasteiger partial charge in [-0.1, -0.05) is 25.7 Å². The van der Waals surface area contributed by atoms with Crippen LogP contribution in [-0.2, 0) is 16.6 Å². The molecule has 1 aromatic heterocycles. The molecule has 2 rings (SSSR count). The van der Waals surface area contributed by atoms with E-state index >= 15 is 0 Å². The molecule has 1 aliphatic carbocycles. The molecular weight excluding hydrogens is 292 g/mol. The van der Waals surface area contributed by atoms with Crippen LogP contribution >= 0.6 is 11.3 Å². The van der Waals surface area contributed by atoms with Crippen LogP contribution in [0.5, 0.6) is 0 Å². The second-order valence-electron chi connectivity index (χ2n) is 5.57. The van der Waals surface area contributed by atoms with Gasteiger partial charge in [-0.3, -0.25) is 0 Å². The van der Waals surface area contributed by atoms with Crippen LogP contribution < -0.4 is 10.5 Å². The topological polar surface area (TPSA) is 72.2 Å². The molecule has 114 valence electrons. The highest BCUT2D eigenvalue weighted by Gasteiger charge is 2.22. The Labute approximate surface area is 125 Å². The molecule has 20 heavy (non-hydrogen) atoms. The van der Waals surface area contributed by atoms with Crippen LogP contribution in [0.4, 0.5) is 0 Å². The lowest BCUT2D eigenvalue weighted by molar-refractivity contribution is 0.480. The fraction of sp³-hybridized carbons (Fsp3) is 0.714. The van der Waals surface area contributed by atoms with Gasteiger partial charge >= 0.3 is 0 Å². The zero-order valence-corrected chi connectivity index (χ0v) is 13.7. The van der Waals surface area contributed by atoms with Gasteiger partial charge in [0.1, 0.15) is 4.90 Å². The second kappa shape index (κ2) is 7.02. The van der Waals surface area contributed by atoms with E-state index in [0.717, 1.165) is 29.2 Å². The van der Waals surface area contributed by atoms with Gasteiger partial charge in [-0.15, -0.1) is 11.3 Å². The zero-order valence-electron chi connectivity index (χ0n) is 12.0.